The number of nitrogens with two attached hydrogens (primary N) is 2. The lowest BCUT2D eigenvalue weighted by Crippen LogP contribution is -2.37. The van der Waals surface area contributed by atoms with Crippen molar-refractivity contribution in [3.05, 3.63) is 0 Å². The third-order valence-corrected chi connectivity index (χ3v) is 2.22. The molecule has 0 aromatic rings. The maximum atomic E-state index is 10.4. The average molecular weight is 157 g/mol. The van der Waals surface area contributed by atoms with Crippen LogP contribution in [0.5, 0.6) is 0 Å². The lowest BCUT2D eigenvalue weighted by atomic mass is 10.1. The van der Waals surface area contributed by atoms with E-state index in [0.29, 0.717) is 5.92 Å². The van der Waals surface area contributed by atoms with Crippen LogP contribution < -0.4 is 16.8 Å². The number of hydrogen-bond acceptors (Lipinski definition) is 2. The number of carbonyl (C=O) groups excluding carboxylic acids is 1. The van der Waals surface area contributed by atoms with Crippen LogP contribution in [0.3, 0.4) is 0 Å². The zero-order chi connectivity index (χ0) is 8.27. The van der Waals surface area contributed by atoms with Gasteiger partial charge >= 0.3 is 6.03 Å². The summed E-state index contributed by atoms with van der Waals surface area (Å²) < 4.78 is 0. The summed E-state index contributed by atoms with van der Waals surface area (Å²) in [6.45, 7) is 0.719. The van der Waals surface area contributed by atoms with Crippen LogP contribution >= 0.6 is 0 Å². The number of hydrogen-bond donors (Lipinski definition) is 3. The molecule has 4 nitrogen and oxygen atoms in total. The molecule has 1 saturated carbocycles. The molecule has 0 heterocycles. The van der Waals surface area contributed by atoms with Gasteiger partial charge in [-0.3, -0.25) is 0 Å². The number of urea groups is 1. The van der Waals surface area contributed by atoms with Gasteiger partial charge in [0, 0.05) is 6.04 Å². The number of amides is 2. The summed E-state index contributed by atoms with van der Waals surface area (Å²) in [5.41, 5.74) is 10.5. The van der Waals surface area contributed by atoms with Gasteiger partial charge < -0.3 is 16.8 Å². The van der Waals surface area contributed by atoms with Crippen LogP contribution in [0.15, 0.2) is 0 Å². The zero-order valence-corrected chi connectivity index (χ0v) is 6.55. The van der Waals surface area contributed by atoms with Gasteiger partial charge in [-0.1, -0.05) is 0 Å². The highest BCUT2D eigenvalue weighted by molar-refractivity contribution is 5.71. The highest BCUT2D eigenvalue weighted by Crippen LogP contribution is 2.23. The van der Waals surface area contributed by atoms with Crippen molar-refractivity contribution in [1.29, 1.82) is 0 Å². The van der Waals surface area contributed by atoms with Crippen molar-refractivity contribution in [3.63, 3.8) is 0 Å². The zero-order valence-electron chi connectivity index (χ0n) is 6.55. The Morgan fingerprint density at radius 2 is 2.27 bits per heavy atom. The maximum absolute atomic E-state index is 10.4. The summed E-state index contributed by atoms with van der Waals surface area (Å²) in [5.74, 6) is 0.576. The Morgan fingerprint density at radius 3 is 2.73 bits per heavy atom. The first-order valence-electron chi connectivity index (χ1n) is 3.98. The molecule has 4 heteroatoms. The van der Waals surface area contributed by atoms with Gasteiger partial charge in [0.2, 0.25) is 0 Å². The van der Waals surface area contributed by atoms with Crippen molar-refractivity contribution in [2.75, 3.05) is 6.54 Å². The van der Waals surface area contributed by atoms with Crippen LogP contribution in [0.4, 0.5) is 4.79 Å². The van der Waals surface area contributed by atoms with Crippen LogP contribution in [0, 0.1) is 5.92 Å². The van der Waals surface area contributed by atoms with E-state index in [2.05, 4.69) is 5.32 Å². The minimum Gasteiger partial charge on any atom is -0.352 e. The molecule has 2 unspecified atom stereocenters. The van der Waals surface area contributed by atoms with Crippen LogP contribution in [-0.2, 0) is 0 Å². The van der Waals surface area contributed by atoms with Gasteiger partial charge in [0.05, 0.1) is 0 Å². The van der Waals surface area contributed by atoms with Gasteiger partial charge in [0.15, 0.2) is 0 Å². The lowest BCUT2D eigenvalue weighted by Gasteiger charge is -2.09. The van der Waals surface area contributed by atoms with Gasteiger partial charge in [-0.25, -0.2) is 4.79 Å². The first-order chi connectivity index (χ1) is 5.22. The lowest BCUT2D eigenvalue weighted by molar-refractivity contribution is 0.245. The van der Waals surface area contributed by atoms with Crippen LogP contribution in [0.25, 0.3) is 0 Å². The van der Waals surface area contributed by atoms with Crippen molar-refractivity contribution in [2.24, 2.45) is 17.4 Å². The standard InChI is InChI=1S/C7H15N3O/c8-4-5-1-2-6(3-5)10-7(9)11/h5-6H,1-4,8H2,(H3,9,10,11). The number of rotatable bonds is 2. The minimum absolute atomic E-state index is 0.265. The topological polar surface area (TPSA) is 81.1 Å². The average Bonchev–Trinajstić information content (AvgIpc) is 2.34. The summed E-state index contributed by atoms with van der Waals surface area (Å²) in [7, 11) is 0. The summed E-state index contributed by atoms with van der Waals surface area (Å²) in [5, 5.41) is 2.69. The number of carbonyl (C=O) groups is 1. The fraction of sp³-hybridized carbons (Fsp3) is 0.857. The predicted molar refractivity (Wildman–Crippen MR) is 42.9 cm³/mol. The van der Waals surface area contributed by atoms with Crippen molar-refractivity contribution in [1.82, 2.24) is 5.32 Å². The van der Waals surface area contributed by atoms with E-state index >= 15 is 0 Å². The molecule has 1 fully saturated rings. The normalized spacial score (nSPS) is 30.3. The third-order valence-electron chi connectivity index (χ3n) is 2.22. The van der Waals surface area contributed by atoms with Crippen molar-refractivity contribution in [2.45, 2.75) is 25.3 Å². The van der Waals surface area contributed by atoms with Gasteiger partial charge in [-0.2, -0.15) is 0 Å². The Morgan fingerprint density at radius 1 is 1.55 bits per heavy atom. The van der Waals surface area contributed by atoms with E-state index < -0.39 is 6.03 Å². The van der Waals surface area contributed by atoms with Crippen molar-refractivity contribution < 1.29 is 4.79 Å². The Bertz CT molecular complexity index is 149. The second kappa shape index (κ2) is 3.57. The van der Waals surface area contributed by atoms with Gasteiger partial charge in [-0.15, -0.1) is 0 Å². The molecule has 0 aromatic carbocycles. The Hall–Kier alpha value is -0.770. The third kappa shape index (κ3) is 2.38. The Labute approximate surface area is 66.3 Å². The Balaban J connectivity index is 2.24. The van der Waals surface area contributed by atoms with E-state index in [9.17, 15) is 4.79 Å². The quantitative estimate of drug-likeness (QED) is 0.518. The Kier molecular flexibility index (Phi) is 2.70. The highest BCUT2D eigenvalue weighted by atomic mass is 16.2. The molecule has 1 rings (SSSR count). The maximum Gasteiger partial charge on any atom is 0.312 e. The molecule has 0 bridgehead atoms. The molecule has 2 amide bonds. The van der Waals surface area contributed by atoms with Gasteiger partial charge in [-0.05, 0) is 31.7 Å². The van der Waals surface area contributed by atoms with Crippen molar-refractivity contribution >= 4 is 6.03 Å². The molecule has 1 aliphatic rings. The summed E-state index contributed by atoms with van der Waals surface area (Å²) in [6.07, 6.45) is 3.12. The molecule has 11 heavy (non-hydrogen) atoms. The second-order valence-corrected chi connectivity index (χ2v) is 3.12. The number of primary amides is 1. The van der Waals surface area contributed by atoms with Gasteiger partial charge in [0.25, 0.3) is 0 Å². The molecule has 0 aliphatic heterocycles. The van der Waals surface area contributed by atoms with E-state index in [1.807, 2.05) is 0 Å². The summed E-state index contributed by atoms with van der Waals surface area (Å²) in [6, 6.07) is -0.159. The first kappa shape index (κ1) is 8.33. The van der Waals surface area contributed by atoms with Gasteiger partial charge in [0.1, 0.15) is 0 Å². The fourth-order valence-electron chi connectivity index (χ4n) is 1.62. The summed E-state index contributed by atoms with van der Waals surface area (Å²) >= 11 is 0. The second-order valence-electron chi connectivity index (χ2n) is 3.12. The highest BCUT2D eigenvalue weighted by Gasteiger charge is 2.23. The van der Waals surface area contributed by atoms with E-state index in [1.54, 1.807) is 0 Å². The monoisotopic (exact) mass is 157 g/mol. The molecule has 5 N–H and O–H groups in total. The van der Waals surface area contributed by atoms with Crippen LogP contribution in [-0.4, -0.2) is 18.6 Å². The van der Waals surface area contributed by atoms with E-state index in [4.69, 9.17) is 11.5 Å². The van der Waals surface area contributed by atoms with Crippen LogP contribution in [0.1, 0.15) is 19.3 Å². The molecule has 0 radical (unpaired) electrons. The molecular formula is C7H15N3O. The molecule has 64 valence electrons. The molecule has 2 atom stereocenters. The molecular weight excluding hydrogens is 142 g/mol. The minimum atomic E-state index is -0.423. The molecule has 1 aliphatic carbocycles. The van der Waals surface area contributed by atoms with E-state index in [1.165, 1.54) is 0 Å². The number of nitrogens with one attached hydrogen (secondary N) is 1. The fourth-order valence-corrected chi connectivity index (χ4v) is 1.62. The molecule has 0 spiro atoms. The smallest absolute Gasteiger partial charge is 0.312 e. The van der Waals surface area contributed by atoms with Crippen molar-refractivity contribution in [3.8, 4) is 0 Å². The van der Waals surface area contributed by atoms with E-state index in [-0.39, 0.29) is 6.04 Å². The SMILES string of the molecule is NCC1CCC(NC(N)=O)C1. The predicted octanol–water partition coefficient (Wildman–Crippen LogP) is -0.218. The molecule has 0 aromatic heterocycles. The first-order valence-corrected chi connectivity index (χ1v) is 3.98. The summed E-state index contributed by atoms with van der Waals surface area (Å²) in [4.78, 5) is 10.4. The van der Waals surface area contributed by atoms with Crippen LogP contribution in [0.2, 0.25) is 0 Å². The molecule has 0 saturated heterocycles. The van der Waals surface area contributed by atoms with E-state index in [0.717, 1.165) is 25.8 Å². The largest absolute Gasteiger partial charge is 0.352 e.